The van der Waals surface area contributed by atoms with Crippen molar-refractivity contribution in [2.45, 2.75) is 52.6 Å². The van der Waals surface area contributed by atoms with Crippen LogP contribution in [0.25, 0.3) is 0 Å². The van der Waals surface area contributed by atoms with Crippen molar-refractivity contribution in [3.63, 3.8) is 0 Å². The summed E-state index contributed by atoms with van der Waals surface area (Å²) in [6.07, 6.45) is 2.42. The number of carbonyl (C=O) groups excluding carboxylic acids is 2. The van der Waals surface area contributed by atoms with Crippen LogP contribution in [0.1, 0.15) is 57.3 Å². The van der Waals surface area contributed by atoms with E-state index in [1.165, 1.54) is 7.11 Å². The van der Waals surface area contributed by atoms with Crippen LogP contribution in [0.4, 0.5) is 5.69 Å². The molecule has 0 heterocycles. The molecule has 0 aliphatic rings. The van der Waals surface area contributed by atoms with Crippen LogP contribution in [0, 0.1) is 0 Å². The zero-order chi connectivity index (χ0) is 18.9. The number of ether oxygens (including phenoxy) is 3. The molecule has 0 saturated carbocycles. The van der Waals surface area contributed by atoms with Crippen molar-refractivity contribution < 1.29 is 23.8 Å². The molecule has 6 heteroatoms. The van der Waals surface area contributed by atoms with Crippen LogP contribution in [-0.4, -0.2) is 37.8 Å². The number of methoxy groups -OCH3 is 1. The van der Waals surface area contributed by atoms with E-state index in [9.17, 15) is 9.59 Å². The van der Waals surface area contributed by atoms with Crippen molar-refractivity contribution in [2.75, 3.05) is 25.6 Å². The van der Waals surface area contributed by atoms with Crippen molar-refractivity contribution in [1.82, 2.24) is 0 Å². The maximum atomic E-state index is 12.5. The molecule has 1 N–H and O–H groups in total. The van der Waals surface area contributed by atoms with Gasteiger partial charge in [0, 0.05) is 12.3 Å². The number of rotatable bonds is 10. The normalized spacial score (nSPS) is 13.0. The average molecular weight is 351 g/mol. The fourth-order valence-corrected chi connectivity index (χ4v) is 2.24. The van der Waals surface area contributed by atoms with E-state index in [0.717, 1.165) is 12.8 Å². The molecule has 1 rings (SSSR count). The summed E-state index contributed by atoms with van der Waals surface area (Å²) >= 11 is 0. The van der Waals surface area contributed by atoms with E-state index >= 15 is 0 Å². The van der Waals surface area contributed by atoms with Crippen LogP contribution in [0.5, 0.6) is 5.75 Å². The number of benzene rings is 1. The smallest absolute Gasteiger partial charge is 0.341 e. The number of carbonyl (C=O) groups is 2. The first kappa shape index (κ1) is 21.0. The summed E-state index contributed by atoms with van der Waals surface area (Å²) in [6.45, 7) is 8.50. The second-order valence-electron chi connectivity index (χ2n) is 5.88. The summed E-state index contributed by atoms with van der Waals surface area (Å²) in [4.78, 5) is 24.5. The molecule has 0 aromatic heterocycles. The molecule has 1 aromatic carbocycles. The third kappa shape index (κ3) is 5.74. The van der Waals surface area contributed by atoms with E-state index in [1.807, 2.05) is 13.8 Å². The van der Waals surface area contributed by atoms with E-state index in [1.54, 1.807) is 25.1 Å². The highest BCUT2D eigenvalue weighted by atomic mass is 16.5. The zero-order valence-electron chi connectivity index (χ0n) is 15.8. The number of esters is 1. The highest BCUT2D eigenvalue weighted by Gasteiger charge is 2.32. The van der Waals surface area contributed by atoms with Crippen molar-refractivity contribution in [3.8, 4) is 5.75 Å². The number of amides is 1. The Labute approximate surface area is 149 Å². The van der Waals surface area contributed by atoms with Gasteiger partial charge in [-0.25, -0.2) is 4.79 Å². The second-order valence-corrected chi connectivity index (χ2v) is 5.88. The predicted octanol–water partition coefficient (Wildman–Crippen LogP) is 3.80. The first-order valence-corrected chi connectivity index (χ1v) is 8.72. The number of unbranched alkanes of at least 4 members (excludes halogenated alkanes) is 1. The molecule has 0 unspecified atom stereocenters. The molecule has 0 fully saturated rings. The Balaban J connectivity index is 3.01. The fraction of sp³-hybridized carbons (Fsp3) is 0.579. The van der Waals surface area contributed by atoms with Gasteiger partial charge in [-0.05, 0) is 44.9 Å². The zero-order valence-corrected chi connectivity index (χ0v) is 15.8. The molecule has 140 valence electrons. The van der Waals surface area contributed by atoms with Gasteiger partial charge in [-0.15, -0.1) is 0 Å². The topological polar surface area (TPSA) is 73.9 Å². The SMILES string of the molecule is CCCCOc1ccc(NC(=O)[C@](C)(CC)OCC)cc1C(=O)OC. The average Bonchev–Trinajstić information content (AvgIpc) is 2.62. The van der Waals surface area contributed by atoms with Crippen molar-refractivity contribution in [3.05, 3.63) is 23.8 Å². The third-order valence-corrected chi connectivity index (χ3v) is 4.02. The van der Waals surface area contributed by atoms with Crippen LogP contribution in [0.3, 0.4) is 0 Å². The van der Waals surface area contributed by atoms with Gasteiger partial charge in [-0.2, -0.15) is 0 Å². The van der Waals surface area contributed by atoms with Crippen molar-refractivity contribution in [1.29, 1.82) is 0 Å². The highest BCUT2D eigenvalue weighted by Crippen LogP contribution is 2.26. The molecule has 0 saturated heterocycles. The largest absolute Gasteiger partial charge is 0.493 e. The van der Waals surface area contributed by atoms with Gasteiger partial charge in [0.1, 0.15) is 16.9 Å². The van der Waals surface area contributed by atoms with Crippen LogP contribution in [-0.2, 0) is 14.3 Å². The van der Waals surface area contributed by atoms with E-state index in [-0.39, 0.29) is 11.5 Å². The monoisotopic (exact) mass is 351 g/mol. The summed E-state index contributed by atoms with van der Waals surface area (Å²) in [5.74, 6) is -0.320. The molecule has 6 nitrogen and oxygen atoms in total. The maximum absolute atomic E-state index is 12.5. The van der Waals surface area contributed by atoms with E-state index < -0.39 is 11.6 Å². The Bertz CT molecular complexity index is 587. The lowest BCUT2D eigenvalue weighted by Crippen LogP contribution is -2.42. The number of hydrogen-bond donors (Lipinski definition) is 1. The van der Waals surface area contributed by atoms with E-state index in [4.69, 9.17) is 14.2 Å². The standard InChI is InChI=1S/C19H29NO5/c1-6-9-12-24-16-11-10-14(13-15(16)17(21)23-5)20-18(22)19(4,7-2)25-8-3/h10-11,13H,6-9,12H2,1-5H3,(H,20,22)/t19-/m0/s1. The summed E-state index contributed by atoms with van der Waals surface area (Å²) in [5, 5.41) is 2.80. The van der Waals surface area contributed by atoms with Gasteiger partial charge in [-0.3, -0.25) is 4.79 Å². The lowest BCUT2D eigenvalue weighted by molar-refractivity contribution is -0.139. The van der Waals surface area contributed by atoms with Crippen LogP contribution in [0.2, 0.25) is 0 Å². The van der Waals surface area contributed by atoms with Gasteiger partial charge in [0.25, 0.3) is 5.91 Å². The molecule has 1 atom stereocenters. The predicted molar refractivity (Wildman–Crippen MR) is 97.1 cm³/mol. The van der Waals surface area contributed by atoms with Gasteiger partial charge >= 0.3 is 5.97 Å². The first-order valence-electron chi connectivity index (χ1n) is 8.72. The third-order valence-electron chi connectivity index (χ3n) is 4.02. The molecule has 0 radical (unpaired) electrons. The summed E-state index contributed by atoms with van der Waals surface area (Å²) in [7, 11) is 1.31. The van der Waals surface area contributed by atoms with Crippen molar-refractivity contribution >= 4 is 17.6 Å². The Kier molecular flexibility index (Phi) is 8.41. The molecule has 0 aliphatic carbocycles. The fourth-order valence-electron chi connectivity index (χ4n) is 2.24. The Morgan fingerprint density at radius 2 is 1.92 bits per heavy atom. The summed E-state index contributed by atoms with van der Waals surface area (Å²) in [6, 6.07) is 4.93. The first-order chi connectivity index (χ1) is 11.9. The van der Waals surface area contributed by atoms with E-state index in [2.05, 4.69) is 12.2 Å². The van der Waals surface area contributed by atoms with Crippen LogP contribution in [0.15, 0.2) is 18.2 Å². The minimum absolute atomic E-state index is 0.257. The quantitative estimate of drug-likeness (QED) is 0.513. The lowest BCUT2D eigenvalue weighted by atomic mass is 10.0. The molecule has 0 bridgehead atoms. The maximum Gasteiger partial charge on any atom is 0.341 e. The molecule has 1 aromatic rings. The Morgan fingerprint density at radius 3 is 2.48 bits per heavy atom. The molecule has 0 spiro atoms. The number of hydrogen-bond acceptors (Lipinski definition) is 5. The Hall–Kier alpha value is -2.08. The molecular weight excluding hydrogens is 322 g/mol. The number of nitrogens with one attached hydrogen (secondary N) is 1. The van der Waals surface area contributed by atoms with Crippen molar-refractivity contribution in [2.24, 2.45) is 0 Å². The van der Waals surface area contributed by atoms with Gasteiger partial charge in [0.2, 0.25) is 0 Å². The minimum atomic E-state index is -0.920. The van der Waals surface area contributed by atoms with Crippen LogP contribution >= 0.6 is 0 Å². The molecule has 0 aliphatic heterocycles. The van der Waals surface area contributed by atoms with Crippen LogP contribution < -0.4 is 10.1 Å². The van der Waals surface area contributed by atoms with Gasteiger partial charge in [0.05, 0.1) is 13.7 Å². The summed E-state index contributed by atoms with van der Waals surface area (Å²) in [5.41, 5.74) is -0.144. The highest BCUT2D eigenvalue weighted by molar-refractivity contribution is 5.99. The lowest BCUT2D eigenvalue weighted by Gasteiger charge is -2.26. The second kappa shape index (κ2) is 10.0. The molecule has 1 amide bonds. The Morgan fingerprint density at radius 1 is 1.20 bits per heavy atom. The van der Waals surface area contributed by atoms with Gasteiger partial charge in [0.15, 0.2) is 0 Å². The molecule has 25 heavy (non-hydrogen) atoms. The van der Waals surface area contributed by atoms with Gasteiger partial charge in [-0.1, -0.05) is 20.3 Å². The summed E-state index contributed by atoms with van der Waals surface area (Å²) < 4.78 is 16.0. The molecular formula is C19H29NO5. The van der Waals surface area contributed by atoms with Gasteiger partial charge < -0.3 is 19.5 Å². The number of anilines is 1. The van der Waals surface area contributed by atoms with E-state index in [0.29, 0.717) is 31.1 Å². The minimum Gasteiger partial charge on any atom is -0.493 e.